The standard InChI is InChI=1S/C14H22N2O2/c1-9-10(2)14(18-4)12(7-13(9)17-3)16-11-5-6-15-8-11/h7,11,15-16H,5-6,8H2,1-4H3. The van der Waals surface area contributed by atoms with Gasteiger partial charge in [-0.1, -0.05) is 0 Å². The van der Waals surface area contributed by atoms with Crippen LogP contribution in [0.1, 0.15) is 17.5 Å². The van der Waals surface area contributed by atoms with Crippen LogP contribution in [0.15, 0.2) is 6.07 Å². The molecule has 2 rings (SSSR count). The van der Waals surface area contributed by atoms with E-state index in [-0.39, 0.29) is 0 Å². The van der Waals surface area contributed by atoms with Crippen molar-refractivity contribution in [3.05, 3.63) is 17.2 Å². The topological polar surface area (TPSA) is 42.5 Å². The van der Waals surface area contributed by atoms with Gasteiger partial charge in [0.25, 0.3) is 0 Å². The van der Waals surface area contributed by atoms with Crippen molar-refractivity contribution in [2.24, 2.45) is 0 Å². The van der Waals surface area contributed by atoms with E-state index in [0.29, 0.717) is 6.04 Å². The predicted molar refractivity (Wildman–Crippen MR) is 73.9 cm³/mol. The molecule has 1 aliphatic rings. The number of hydrogen-bond acceptors (Lipinski definition) is 4. The van der Waals surface area contributed by atoms with Crippen LogP contribution in [0.3, 0.4) is 0 Å². The van der Waals surface area contributed by atoms with E-state index >= 15 is 0 Å². The van der Waals surface area contributed by atoms with Crippen LogP contribution in [0.4, 0.5) is 5.69 Å². The van der Waals surface area contributed by atoms with Crippen LogP contribution < -0.4 is 20.1 Å². The molecule has 18 heavy (non-hydrogen) atoms. The van der Waals surface area contributed by atoms with Crippen molar-refractivity contribution in [2.45, 2.75) is 26.3 Å². The lowest BCUT2D eigenvalue weighted by atomic mass is 10.1. The normalized spacial score (nSPS) is 18.8. The summed E-state index contributed by atoms with van der Waals surface area (Å²) in [6.45, 7) is 6.19. The van der Waals surface area contributed by atoms with E-state index in [1.165, 1.54) is 0 Å². The van der Waals surface area contributed by atoms with E-state index in [2.05, 4.69) is 24.5 Å². The third kappa shape index (κ3) is 2.38. The highest BCUT2D eigenvalue weighted by Crippen LogP contribution is 2.37. The van der Waals surface area contributed by atoms with E-state index in [4.69, 9.17) is 9.47 Å². The molecule has 1 aliphatic heterocycles. The minimum atomic E-state index is 0.464. The van der Waals surface area contributed by atoms with Crippen LogP contribution in [0, 0.1) is 13.8 Å². The molecule has 4 heteroatoms. The zero-order valence-corrected chi connectivity index (χ0v) is 11.6. The van der Waals surface area contributed by atoms with Crippen LogP contribution in [0.5, 0.6) is 11.5 Å². The van der Waals surface area contributed by atoms with Gasteiger partial charge in [-0.15, -0.1) is 0 Å². The molecule has 0 aromatic heterocycles. The molecule has 1 fully saturated rings. The summed E-state index contributed by atoms with van der Waals surface area (Å²) in [6.07, 6.45) is 1.14. The van der Waals surface area contributed by atoms with E-state index in [0.717, 1.165) is 47.8 Å². The van der Waals surface area contributed by atoms with E-state index in [9.17, 15) is 0 Å². The van der Waals surface area contributed by atoms with Crippen LogP contribution in [-0.4, -0.2) is 33.4 Å². The van der Waals surface area contributed by atoms with Crippen molar-refractivity contribution >= 4 is 5.69 Å². The average Bonchev–Trinajstić information content (AvgIpc) is 2.87. The Morgan fingerprint density at radius 1 is 1.22 bits per heavy atom. The van der Waals surface area contributed by atoms with Gasteiger partial charge in [-0.25, -0.2) is 0 Å². The van der Waals surface area contributed by atoms with Crippen LogP contribution in [-0.2, 0) is 0 Å². The summed E-state index contributed by atoms with van der Waals surface area (Å²) in [5.41, 5.74) is 3.28. The van der Waals surface area contributed by atoms with Crippen LogP contribution >= 0.6 is 0 Å². The van der Waals surface area contributed by atoms with E-state index in [1.54, 1.807) is 14.2 Å². The fourth-order valence-electron chi connectivity index (χ4n) is 2.44. The van der Waals surface area contributed by atoms with Crippen molar-refractivity contribution < 1.29 is 9.47 Å². The lowest BCUT2D eigenvalue weighted by Crippen LogP contribution is -2.22. The van der Waals surface area contributed by atoms with Gasteiger partial charge in [-0.2, -0.15) is 0 Å². The number of methoxy groups -OCH3 is 2. The lowest BCUT2D eigenvalue weighted by Gasteiger charge is -2.20. The van der Waals surface area contributed by atoms with Gasteiger partial charge in [0.05, 0.1) is 19.9 Å². The fourth-order valence-corrected chi connectivity index (χ4v) is 2.44. The number of benzene rings is 1. The van der Waals surface area contributed by atoms with E-state index in [1.807, 2.05) is 6.07 Å². The van der Waals surface area contributed by atoms with Gasteiger partial charge in [0.15, 0.2) is 0 Å². The number of nitrogens with one attached hydrogen (secondary N) is 2. The highest BCUT2D eigenvalue weighted by Gasteiger charge is 2.19. The second kappa shape index (κ2) is 5.48. The molecule has 1 atom stereocenters. The number of anilines is 1. The summed E-state index contributed by atoms with van der Waals surface area (Å²) in [6, 6.07) is 2.49. The second-order valence-corrected chi connectivity index (χ2v) is 4.74. The Kier molecular flexibility index (Phi) is 3.97. The number of rotatable bonds is 4. The third-order valence-corrected chi connectivity index (χ3v) is 3.64. The first kappa shape index (κ1) is 13.0. The van der Waals surface area contributed by atoms with Gasteiger partial charge in [-0.3, -0.25) is 0 Å². The summed E-state index contributed by atoms with van der Waals surface area (Å²) in [4.78, 5) is 0. The largest absolute Gasteiger partial charge is 0.496 e. The molecule has 0 aliphatic carbocycles. The Bertz CT molecular complexity index is 426. The van der Waals surface area contributed by atoms with Crippen molar-refractivity contribution in [1.82, 2.24) is 5.32 Å². The second-order valence-electron chi connectivity index (χ2n) is 4.74. The molecule has 2 N–H and O–H groups in total. The first-order valence-electron chi connectivity index (χ1n) is 6.36. The van der Waals surface area contributed by atoms with Gasteiger partial charge in [0, 0.05) is 18.7 Å². The zero-order valence-electron chi connectivity index (χ0n) is 11.6. The molecule has 1 aromatic carbocycles. The van der Waals surface area contributed by atoms with Gasteiger partial charge in [-0.05, 0) is 37.9 Å². The number of ether oxygens (including phenoxy) is 2. The summed E-state index contributed by atoms with van der Waals surface area (Å²) in [7, 11) is 3.42. The minimum Gasteiger partial charge on any atom is -0.496 e. The first-order chi connectivity index (χ1) is 8.67. The fraction of sp³-hybridized carbons (Fsp3) is 0.571. The highest BCUT2D eigenvalue weighted by molar-refractivity contribution is 5.66. The van der Waals surface area contributed by atoms with Crippen molar-refractivity contribution in [3.8, 4) is 11.5 Å². The maximum absolute atomic E-state index is 5.53. The number of hydrogen-bond donors (Lipinski definition) is 2. The molecule has 1 heterocycles. The molecule has 100 valence electrons. The molecule has 0 amide bonds. The third-order valence-electron chi connectivity index (χ3n) is 3.64. The summed E-state index contributed by atoms with van der Waals surface area (Å²) >= 11 is 0. The molecular formula is C14H22N2O2. The van der Waals surface area contributed by atoms with Gasteiger partial charge >= 0.3 is 0 Å². The van der Waals surface area contributed by atoms with E-state index < -0.39 is 0 Å². The maximum atomic E-state index is 5.53. The zero-order chi connectivity index (χ0) is 13.1. The molecule has 0 spiro atoms. The lowest BCUT2D eigenvalue weighted by molar-refractivity contribution is 0.399. The molecule has 4 nitrogen and oxygen atoms in total. The highest BCUT2D eigenvalue weighted by atomic mass is 16.5. The summed E-state index contributed by atoms with van der Waals surface area (Å²) < 4.78 is 10.9. The summed E-state index contributed by atoms with van der Waals surface area (Å²) in [5, 5.41) is 6.89. The smallest absolute Gasteiger partial charge is 0.145 e. The van der Waals surface area contributed by atoms with Gasteiger partial charge in [0.2, 0.25) is 0 Å². The van der Waals surface area contributed by atoms with Crippen molar-refractivity contribution in [1.29, 1.82) is 0 Å². The summed E-state index contributed by atoms with van der Waals surface area (Å²) in [5.74, 6) is 1.82. The van der Waals surface area contributed by atoms with Crippen LogP contribution in [0.25, 0.3) is 0 Å². The van der Waals surface area contributed by atoms with Gasteiger partial charge < -0.3 is 20.1 Å². The monoisotopic (exact) mass is 250 g/mol. The molecule has 0 radical (unpaired) electrons. The molecule has 1 saturated heterocycles. The Hall–Kier alpha value is -1.42. The van der Waals surface area contributed by atoms with Crippen molar-refractivity contribution in [3.63, 3.8) is 0 Å². The first-order valence-corrected chi connectivity index (χ1v) is 6.36. The maximum Gasteiger partial charge on any atom is 0.145 e. The Balaban J connectivity index is 2.34. The predicted octanol–water partition coefficient (Wildman–Crippen LogP) is 2.09. The molecule has 1 aromatic rings. The quantitative estimate of drug-likeness (QED) is 0.858. The van der Waals surface area contributed by atoms with Crippen molar-refractivity contribution in [2.75, 3.05) is 32.6 Å². The van der Waals surface area contributed by atoms with Crippen LogP contribution in [0.2, 0.25) is 0 Å². The Labute approximate surface area is 109 Å². The minimum absolute atomic E-state index is 0.464. The SMILES string of the molecule is COc1cc(NC2CCNC2)c(OC)c(C)c1C. The molecule has 0 saturated carbocycles. The Morgan fingerprint density at radius 3 is 2.56 bits per heavy atom. The van der Waals surface area contributed by atoms with Gasteiger partial charge in [0.1, 0.15) is 11.5 Å². The Morgan fingerprint density at radius 2 is 2.00 bits per heavy atom. The molecule has 1 unspecified atom stereocenters. The average molecular weight is 250 g/mol. The molecular weight excluding hydrogens is 228 g/mol. The molecule has 0 bridgehead atoms.